The van der Waals surface area contributed by atoms with Crippen molar-refractivity contribution in [2.24, 2.45) is 0 Å². The largest absolute Gasteiger partial charge is 0.326 e. The molecular weight excluding hydrogens is 234 g/mol. The number of carbonyl (C=O) groups excluding carboxylic acids is 1. The Balaban J connectivity index is 3.04. The van der Waals surface area contributed by atoms with Crippen molar-refractivity contribution in [3.05, 3.63) is 29.3 Å². The van der Waals surface area contributed by atoms with Gasteiger partial charge >= 0.3 is 0 Å². The molecule has 2 nitrogen and oxygen atoms in total. The Morgan fingerprint density at radius 2 is 2.00 bits per heavy atom. The molecule has 2 heteroatoms. The van der Waals surface area contributed by atoms with E-state index in [4.69, 9.17) is 0 Å². The highest BCUT2D eigenvalue weighted by Crippen LogP contribution is 2.32. The third-order valence-corrected chi connectivity index (χ3v) is 3.66. The van der Waals surface area contributed by atoms with Crippen LogP contribution in [0.5, 0.6) is 0 Å². The Bertz CT molecular complexity index is 412. The van der Waals surface area contributed by atoms with Gasteiger partial charge in [0.2, 0.25) is 5.91 Å². The molecule has 0 heterocycles. The molecule has 0 radical (unpaired) electrons. The van der Waals surface area contributed by atoms with Crippen LogP contribution in [0.25, 0.3) is 0 Å². The lowest BCUT2D eigenvalue weighted by atomic mass is 9.89. The summed E-state index contributed by atoms with van der Waals surface area (Å²) in [5.74, 6) is 0.598. The maximum absolute atomic E-state index is 11.7. The molecule has 0 saturated heterocycles. The molecule has 1 aromatic carbocycles. The second-order valence-corrected chi connectivity index (χ2v) is 5.18. The van der Waals surface area contributed by atoms with Gasteiger partial charge in [0.25, 0.3) is 0 Å². The first-order valence-electron chi connectivity index (χ1n) is 7.55. The first-order valence-corrected chi connectivity index (χ1v) is 7.55. The van der Waals surface area contributed by atoms with Crippen LogP contribution < -0.4 is 5.32 Å². The third kappa shape index (κ3) is 4.38. The zero-order valence-electron chi connectivity index (χ0n) is 12.8. The van der Waals surface area contributed by atoms with Crippen LogP contribution in [0, 0.1) is 0 Å². The summed E-state index contributed by atoms with van der Waals surface area (Å²) in [6.45, 7) is 8.56. The Morgan fingerprint density at radius 1 is 1.26 bits per heavy atom. The molecule has 0 aliphatic rings. The maximum atomic E-state index is 11.7. The monoisotopic (exact) mass is 261 g/mol. The second kappa shape index (κ2) is 7.98. The zero-order valence-corrected chi connectivity index (χ0v) is 12.8. The molecule has 0 aromatic heterocycles. The van der Waals surface area contributed by atoms with Gasteiger partial charge in [-0.25, -0.2) is 0 Å². The summed E-state index contributed by atoms with van der Waals surface area (Å²) in [5.41, 5.74) is 3.70. The Hall–Kier alpha value is -1.31. The number of hydrogen-bond acceptors (Lipinski definition) is 1. The summed E-state index contributed by atoms with van der Waals surface area (Å²) < 4.78 is 0. The van der Waals surface area contributed by atoms with E-state index in [1.807, 2.05) is 19.1 Å². The lowest BCUT2D eigenvalue weighted by Crippen LogP contribution is -2.13. The number of anilines is 1. The average molecular weight is 261 g/mol. The van der Waals surface area contributed by atoms with Gasteiger partial charge in [-0.3, -0.25) is 4.79 Å². The summed E-state index contributed by atoms with van der Waals surface area (Å²) in [6.07, 6.45) is 5.18. The van der Waals surface area contributed by atoms with Crippen molar-refractivity contribution in [3.63, 3.8) is 0 Å². The number of amides is 1. The van der Waals surface area contributed by atoms with Gasteiger partial charge in [-0.2, -0.15) is 0 Å². The number of aryl methyl sites for hydroxylation is 1. The molecule has 19 heavy (non-hydrogen) atoms. The van der Waals surface area contributed by atoms with Gasteiger partial charge in [0, 0.05) is 12.1 Å². The minimum Gasteiger partial charge on any atom is -0.326 e. The van der Waals surface area contributed by atoms with Crippen molar-refractivity contribution < 1.29 is 4.79 Å². The predicted octanol–water partition coefficient (Wildman–Crippen LogP) is 4.89. The smallest absolute Gasteiger partial charge is 0.224 e. The van der Waals surface area contributed by atoms with Crippen molar-refractivity contribution >= 4 is 11.6 Å². The minimum atomic E-state index is 0.0946. The molecule has 0 fully saturated rings. The minimum absolute atomic E-state index is 0.0946. The number of benzene rings is 1. The molecule has 1 aromatic rings. The predicted molar refractivity (Wildman–Crippen MR) is 82.7 cm³/mol. The van der Waals surface area contributed by atoms with Crippen molar-refractivity contribution in [3.8, 4) is 0 Å². The van der Waals surface area contributed by atoms with Crippen molar-refractivity contribution in [1.82, 2.24) is 0 Å². The van der Waals surface area contributed by atoms with Crippen molar-refractivity contribution in [1.29, 1.82) is 0 Å². The van der Waals surface area contributed by atoms with E-state index < -0.39 is 0 Å². The maximum Gasteiger partial charge on any atom is 0.224 e. The Kier molecular flexibility index (Phi) is 6.61. The first kappa shape index (κ1) is 15.7. The molecule has 0 bridgehead atoms. The van der Waals surface area contributed by atoms with E-state index in [0.717, 1.165) is 12.1 Å². The van der Waals surface area contributed by atoms with Gasteiger partial charge in [-0.1, -0.05) is 52.7 Å². The SMILES string of the molecule is CCCCC(C)c1c(CC)cccc1NC(=O)CC. The van der Waals surface area contributed by atoms with Crippen LogP contribution in [0.1, 0.15) is 70.4 Å². The summed E-state index contributed by atoms with van der Waals surface area (Å²) in [7, 11) is 0. The molecule has 0 aliphatic heterocycles. The number of rotatable bonds is 7. The van der Waals surface area contributed by atoms with Gasteiger partial charge < -0.3 is 5.32 Å². The van der Waals surface area contributed by atoms with Crippen LogP contribution in [0.4, 0.5) is 5.69 Å². The molecule has 106 valence electrons. The normalized spacial score (nSPS) is 12.2. The summed E-state index contributed by atoms with van der Waals surface area (Å²) >= 11 is 0. The molecular formula is C17H27NO. The number of hydrogen-bond donors (Lipinski definition) is 1. The standard InChI is InChI=1S/C17H27NO/c1-5-8-10-13(4)17-14(6-2)11-9-12-15(17)18-16(19)7-3/h9,11-13H,5-8,10H2,1-4H3,(H,18,19). The van der Waals surface area contributed by atoms with E-state index in [-0.39, 0.29) is 5.91 Å². The third-order valence-electron chi connectivity index (χ3n) is 3.66. The lowest BCUT2D eigenvalue weighted by Gasteiger charge is -2.20. The van der Waals surface area contributed by atoms with Crippen LogP contribution in [0.3, 0.4) is 0 Å². The van der Waals surface area contributed by atoms with Crippen LogP contribution >= 0.6 is 0 Å². The van der Waals surface area contributed by atoms with Gasteiger partial charge in [0.15, 0.2) is 0 Å². The topological polar surface area (TPSA) is 29.1 Å². The zero-order chi connectivity index (χ0) is 14.3. The van der Waals surface area contributed by atoms with Gasteiger partial charge in [-0.15, -0.1) is 0 Å². The van der Waals surface area contributed by atoms with Gasteiger partial charge in [-0.05, 0) is 36.0 Å². The van der Waals surface area contributed by atoms with E-state index >= 15 is 0 Å². The van der Waals surface area contributed by atoms with Crippen molar-refractivity contribution in [2.75, 3.05) is 5.32 Å². The summed E-state index contributed by atoms with van der Waals surface area (Å²) in [5, 5.41) is 3.05. The Morgan fingerprint density at radius 3 is 2.58 bits per heavy atom. The molecule has 1 N–H and O–H groups in total. The fourth-order valence-corrected chi connectivity index (χ4v) is 2.51. The molecule has 0 spiro atoms. The molecule has 0 saturated carbocycles. The first-order chi connectivity index (χ1) is 9.13. The summed E-state index contributed by atoms with van der Waals surface area (Å²) in [4.78, 5) is 11.7. The fourth-order valence-electron chi connectivity index (χ4n) is 2.51. The molecule has 1 amide bonds. The van der Waals surface area contributed by atoms with Crippen LogP contribution in [-0.4, -0.2) is 5.91 Å². The molecule has 1 rings (SSSR count). The molecule has 1 atom stereocenters. The summed E-state index contributed by atoms with van der Waals surface area (Å²) in [6, 6.07) is 6.25. The fraction of sp³-hybridized carbons (Fsp3) is 0.588. The number of nitrogens with one attached hydrogen (secondary N) is 1. The van der Waals surface area contributed by atoms with Crippen molar-refractivity contribution in [2.45, 2.75) is 65.7 Å². The van der Waals surface area contributed by atoms with E-state index in [0.29, 0.717) is 12.3 Å². The van der Waals surface area contributed by atoms with Gasteiger partial charge in [0.1, 0.15) is 0 Å². The number of carbonyl (C=O) groups is 1. The highest BCUT2D eigenvalue weighted by Gasteiger charge is 2.15. The average Bonchev–Trinajstić information content (AvgIpc) is 2.44. The van der Waals surface area contributed by atoms with E-state index in [1.54, 1.807) is 0 Å². The van der Waals surface area contributed by atoms with Crippen LogP contribution in [0.2, 0.25) is 0 Å². The molecule has 0 aliphatic carbocycles. The molecule has 1 unspecified atom stereocenters. The van der Waals surface area contributed by atoms with E-state index in [9.17, 15) is 4.79 Å². The van der Waals surface area contributed by atoms with Crippen LogP contribution in [0.15, 0.2) is 18.2 Å². The van der Waals surface area contributed by atoms with E-state index in [2.05, 4.69) is 32.2 Å². The highest BCUT2D eigenvalue weighted by atomic mass is 16.1. The highest BCUT2D eigenvalue weighted by molar-refractivity contribution is 5.91. The Labute approximate surface area is 117 Å². The quantitative estimate of drug-likeness (QED) is 0.743. The lowest BCUT2D eigenvalue weighted by molar-refractivity contribution is -0.115. The number of unbranched alkanes of at least 4 members (excludes halogenated alkanes) is 1. The van der Waals surface area contributed by atoms with E-state index in [1.165, 1.54) is 30.4 Å². The second-order valence-electron chi connectivity index (χ2n) is 5.18. The van der Waals surface area contributed by atoms with Crippen LogP contribution in [-0.2, 0) is 11.2 Å². The van der Waals surface area contributed by atoms with Gasteiger partial charge in [0.05, 0.1) is 0 Å².